The molecule has 0 bridgehead atoms. The summed E-state index contributed by atoms with van der Waals surface area (Å²) in [7, 11) is -3.05. The minimum absolute atomic E-state index is 0.0366. The van der Waals surface area contributed by atoms with Crippen LogP contribution in [0.15, 0.2) is 52.3 Å². The number of ether oxygens (including phenoxy) is 1. The first kappa shape index (κ1) is 24.2. The second-order valence-electron chi connectivity index (χ2n) is 7.74. The minimum Gasteiger partial charge on any atom is -0.495 e. The van der Waals surface area contributed by atoms with Crippen molar-refractivity contribution in [3.8, 4) is 5.75 Å². The van der Waals surface area contributed by atoms with Crippen LogP contribution in [0.1, 0.15) is 24.8 Å². The fourth-order valence-corrected chi connectivity index (χ4v) is 5.34. The first-order chi connectivity index (χ1) is 15.0. The van der Waals surface area contributed by atoms with E-state index in [1.165, 1.54) is 45.5 Å². The number of rotatable bonds is 10. The minimum atomic E-state index is -3.75. The number of aryl methyl sites for hydroxylation is 1. The SMILES string of the molecule is COc1ccc(NC(=O)CCc2ccc(S(=O)(=O)NC3CC3)cc2)cc1S(=O)(=O)N(C)C. The number of benzene rings is 2. The van der Waals surface area contributed by atoms with E-state index >= 15 is 0 Å². The third-order valence-electron chi connectivity index (χ3n) is 4.98. The van der Waals surface area contributed by atoms with E-state index in [0.717, 1.165) is 22.7 Å². The Morgan fingerprint density at radius 3 is 2.28 bits per heavy atom. The van der Waals surface area contributed by atoms with Crippen LogP contribution < -0.4 is 14.8 Å². The first-order valence-corrected chi connectivity index (χ1v) is 13.0. The maximum absolute atomic E-state index is 12.5. The lowest BCUT2D eigenvalue weighted by molar-refractivity contribution is -0.116. The second-order valence-corrected chi connectivity index (χ2v) is 11.6. The van der Waals surface area contributed by atoms with Gasteiger partial charge >= 0.3 is 0 Å². The maximum Gasteiger partial charge on any atom is 0.246 e. The summed E-state index contributed by atoms with van der Waals surface area (Å²) in [5.74, 6) is -0.113. The topological polar surface area (TPSA) is 122 Å². The van der Waals surface area contributed by atoms with Crippen LogP contribution in [0.3, 0.4) is 0 Å². The summed E-state index contributed by atoms with van der Waals surface area (Å²) in [5, 5.41) is 2.70. The van der Waals surface area contributed by atoms with Gasteiger partial charge in [-0.15, -0.1) is 0 Å². The summed E-state index contributed by atoms with van der Waals surface area (Å²) in [4.78, 5) is 12.5. The molecule has 9 nitrogen and oxygen atoms in total. The molecule has 1 aliphatic carbocycles. The third-order valence-corrected chi connectivity index (χ3v) is 8.35. The summed E-state index contributed by atoms with van der Waals surface area (Å²) >= 11 is 0. The van der Waals surface area contributed by atoms with Crippen LogP contribution in [-0.4, -0.2) is 54.3 Å². The molecule has 0 radical (unpaired) electrons. The highest BCUT2D eigenvalue weighted by Crippen LogP contribution is 2.29. The van der Waals surface area contributed by atoms with Gasteiger partial charge in [-0.05, 0) is 55.2 Å². The quantitative estimate of drug-likeness (QED) is 0.535. The van der Waals surface area contributed by atoms with E-state index in [9.17, 15) is 21.6 Å². The Labute approximate surface area is 188 Å². The molecule has 2 aromatic carbocycles. The lowest BCUT2D eigenvalue weighted by atomic mass is 10.1. The summed E-state index contributed by atoms with van der Waals surface area (Å²) in [6.07, 6.45) is 2.28. The summed E-state index contributed by atoms with van der Waals surface area (Å²) < 4.78 is 58.3. The van der Waals surface area contributed by atoms with Crippen molar-refractivity contribution in [1.82, 2.24) is 9.03 Å². The van der Waals surface area contributed by atoms with Crippen molar-refractivity contribution in [3.05, 3.63) is 48.0 Å². The highest BCUT2D eigenvalue weighted by atomic mass is 32.2. The molecule has 1 aliphatic rings. The lowest BCUT2D eigenvalue weighted by Crippen LogP contribution is -2.25. The lowest BCUT2D eigenvalue weighted by Gasteiger charge is -2.16. The summed E-state index contributed by atoms with van der Waals surface area (Å²) in [5.41, 5.74) is 1.15. The van der Waals surface area contributed by atoms with Crippen LogP contribution in [0.25, 0.3) is 0 Å². The van der Waals surface area contributed by atoms with Gasteiger partial charge in [0.15, 0.2) is 0 Å². The van der Waals surface area contributed by atoms with Crippen molar-refractivity contribution >= 4 is 31.6 Å². The largest absolute Gasteiger partial charge is 0.495 e. The molecule has 1 fully saturated rings. The maximum atomic E-state index is 12.5. The van der Waals surface area contributed by atoms with Crippen LogP contribution in [0.4, 0.5) is 5.69 Å². The molecule has 0 aromatic heterocycles. The summed E-state index contributed by atoms with van der Waals surface area (Å²) in [6, 6.07) is 10.9. The zero-order valence-electron chi connectivity index (χ0n) is 18.2. The van der Waals surface area contributed by atoms with Crippen molar-refractivity contribution in [2.75, 3.05) is 26.5 Å². The predicted octanol–water partition coefficient (Wildman–Crippen LogP) is 1.96. The van der Waals surface area contributed by atoms with Crippen LogP contribution in [0.5, 0.6) is 5.75 Å². The van der Waals surface area contributed by atoms with Gasteiger partial charge in [-0.2, -0.15) is 0 Å². The van der Waals surface area contributed by atoms with Gasteiger partial charge in [0, 0.05) is 32.2 Å². The van der Waals surface area contributed by atoms with Crippen molar-refractivity contribution in [1.29, 1.82) is 0 Å². The molecule has 1 amide bonds. The molecule has 0 aliphatic heterocycles. The zero-order chi connectivity index (χ0) is 23.5. The number of hydrogen-bond acceptors (Lipinski definition) is 6. The Hall–Kier alpha value is -2.47. The smallest absolute Gasteiger partial charge is 0.246 e. The van der Waals surface area contributed by atoms with Crippen molar-refractivity contribution < 1.29 is 26.4 Å². The molecule has 32 heavy (non-hydrogen) atoms. The Bertz CT molecular complexity index is 1190. The number of sulfonamides is 2. The Morgan fingerprint density at radius 1 is 1.06 bits per heavy atom. The Kier molecular flexibility index (Phi) is 7.23. The highest BCUT2D eigenvalue weighted by Gasteiger charge is 2.28. The molecule has 0 saturated heterocycles. The van der Waals surface area contributed by atoms with Crippen molar-refractivity contribution in [3.63, 3.8) is 0 Å². The molecule has 174 valence electrons. The monoisotopic (exact) mass is 481 g/mol. The Balaban J connectivity index is 1.62. The van der Waals surface area contributed by atoms with E-state index in [-0.39, 0.29) is 33.9 Å². The van der Waals surface area contributed by atoms with Gasteiger partial charge in [-0.3, -0.25) is 4.79 Å². The number of carbonyl (C=O) groups is 1. The Morgan fingerprint density at radius 2 is 1.72 bits per heavy atom. The molecule has 2 aromatic rings. The van der Waals surface area contributed by atoms with Gasteiger partial charge in [0.25, 0.3) is 0 Å². The van der Waals surface area contributed by atoms with Gasteiger partial charge in [-0.1, -0.05) is 12.1 Å². The molecule has 3 rings (SSSR count). The van der Waals surface area contributed by atoms with Gasteiger partial charge in [0.2, 0.25) is 26.0 Å². The second kappa shape index (κ2) is 9.57. The van der Waals surface area contributed by atoms with E-state index in [1.54, 1.807) is 18.2 Å². The molecular formula is C21H27N3O6S2. The molecule has 0 heterocycles. The van der Waals surface area contributed by atoms with E-state index in [4.69, 9.17) is 4.74 Å². The van der Waals surface area contributed by atoms with Gasteiger partial charge in [0.1, 0.15) is 10.6 Å². The molecule has 2 N–H and O–H groups in total. The third kappa shape index (κ3) is 5.85. The number of nitrogens with zero attached hydrogens (tertiary/aromatic N) is 1. The van der Waals surface area contributed by atoms with Crippen LogP contribution in [0.2, 0.25) is 0 Å². The zero-order valence-corrected chi connectivity index (χ0v) is 19.8. The van der Waals surface area contributed by atoms with E-state index in [0.29, 0.717) is 12.1 Å². The predicted molar refractivity (Wildman–Crippen MR) is 121 cm³/mol. The molecule has 0 atom stereocenters. The van der Waals surface area contributed by atoms with Crippen LogP contribution in [0, 0.1) is 0 Å². The van der Waals surface area contributed by atoms with Crippen molar-refractivity contribution in [2.24, 2.45) is 0 Å². The van der Waals surface area contributed by atoms with E-state index < -0.39 is 20.0 Å². The van der Waals surface area contributed by atoms with Crippen LogP contribution >= 0.6 is 0 Å². The normalized spacial score (nSPS) is 14.4. The molecule has 0 spiro atoms. The van der Waals surface area contributed by atoms with Gasteiger partial charge in [0.05, 0.1) is 12.0 Å². The van der Waals surface area contributed by atoms with E-state index in [2.05, 4.69) is 10.0 Å². The summed E-state index contributed by atoms with van der Waals surface area (Å²) in [6.45, 7) is 0. The first-order valence-electron chi connectivity index (χ1n) is 10.0. The van der Waals surface area contributed by atoms with Gasteiger partial charge < -0.3 is 10.1 Å². The number of amides is 1. The van der Waals surface area contributed by atoms with Crippen molar-refractivity contribution in [2.45, 2.75) is 41.5 Å². The molecular weight excluding hydrogens is 454 g/mol. The number of methoxy groups -OCH3 is 1. The van der Waals surface area contributed by atoms with Crippen LogP contribution in [-0.2, 0) is 31.3 Å². The fourth-order valence-electron chi connectivity index (χ4n) is 2.96. The fraction of sp³-hybridized carbons (Fsp3) is 0.381. The van der Waals surface area contributed by atoms with Gasteiger partial charge in [-0.25, -0.2) is 25.9 Å². The number of nitrogens with one attached hydrogen (secondary N) is 2. The molecule has 1 saturated carbocycles. The standard InChI is InChI=1S/C21H27N3O6S2/c1-24(2)32(28,29)20-14-17(9-12-19(20)30-3)22-21(25)13-6-15-4-10-18(11-5-15)31(26,27)23-16-7-8-16/h4-5,9-12,14,16,23H,6-8,13H2,1-3H3,(H,22,25). The molecule has 11 heteroatoms. The number of hydrogen-bond donors (Lipinski definition) is 2. The van der Waals surface area contributed by atoms with E-state index in [1.807, 2.05) is 0 Å². The number of anilines is 1. The average Bonchev–Trinajstić information content (AvgIpc) is 3.55. The molecule has 0 unspecified atom stereocenters. The highest BCUT2D eigenvalue weighted by molar-refractivity contribution is 7.89. The average molecular weight is 482 g/mol. The number of carbonyl (C=O) groups excluding carboxylic acids is 1.